The molecule has 0 amide bonds. The minimum Gasteiger partial charge on any atom is -0.357 e. The molecule has 5 heteroatoms. The summed E-state index contributed by atoms with van der Waals surface area (Å²) in [6, 6.07) is 8.26. The van der Waals surface area contributed by atoms with Crippen LogP contribution in [0.15, 0.2) is 29.3 Å². The average Bonchev–Trinajstić information content (AvgIpc) is 3.37. The SMILES string of the molecule is CCNC(=NCC1(c2ccc(Cl)cc2)CC1)NCC1CC1.I. The fourth-order valence-corrected chi connectivity index (χ4v) is 2.75. The molecule has 1 aromatic rings. The van der Waals surface area contributed by atoms with Gasteiger partial charge in [-0.15, -0.1) is 24.0 Å². The summed E-state index contributed by atoms with van der Waals surface area (Å²) in [4.78, 5) is 4.81. The summed E-state index contributed by atoms with van der Waals surface area (Å²) in [6.45, 7) is 4.93. The number of hydrogen-bond acceptors (Lipinski definition) is 1. The van der Waals surface area contributed by atoms with Crippen LogP contribution in [0.5, 0.6) is 0 Å². The van der Waals surface area contributed by atoms with Gasteiger partial charge in [-0.3, -0.25) is 4.99 Å². The summed E-state index contributed by atoms with van der Waals surface area (Å²) in [5.74, 6) is 1.82. The molecule has 0 saturated heterocycles. The Hall–Kier alpha value is -0.490. The van der Waals surface area contributed by atoms with Crippen molar-refractivity contribution in [2.24, 2.45) is 10.9 Å². The van der Waals surface area contributed by atoms with Gasteiger partial charge in [0.05, 0.1) is 6.54 Å². The van der Waals surface area contributed by atoms with Gasteiger partial charge in [0.25, 0.3) is 0 Å². The van der Waals surface area contributed by atoms with Gasteiger partial charge in [-0.2, -0.15) is 0 Å². The first kappa shape index (κ1) is 17.9. The molecule has 0 atom stereocenters. The number of benzene rings is 1. The number of hydrogen-bond donors (Lipinski definition) is 2. The van der Waals surface area contributed by atoms with Crippen LogP contribution in [0.1, 0.15) is 38.2 Å². The van der Waals surface area contributed by atoms with Gasteiger partial charge in [-0.1, -0.05) is 23.7 Å². The minimum absolute atomic E-state index is 0. The summed E-state index contributed by atoms with van der Waals surface area (Å²) in [7, 11) is 0. The second-order valence-corrected chi connectivity index (χ2v) is 6.74. The van der Waals surface area contributed by atoms with Crippen LogP contribution >= 0.6 is 35.6 Å². The molecule has 0 unspecified atom stereocenters. The van der Waals surface area contributed by atoms with Crippen molar-refractivity contribution < 1.29 is 0 Å². The van der Waals surface area contributed by atoms with E-state index in [0.29, 0.717) is 0 Å². The molecule has 0 spiro atoms. The third kappa shape index (κ3) is 4.75. The number of nitrogens with zero attached hydrogens (tertiary/aromatic N) is 1. The van der Waals surface area contributed by atoms with Crippen molar-refractivity contribution in [3.8, 4) is 0 Å². The van der Waals surface area contributed by atoms with Crippen molar-refractivity contribution in [2.45, 2.75) is 38.0 Å². The van der Waals surface area contributed by atoms with Crippen molar-refractivity contribution >= 4 is 41.5 Å². The molecule has 0 aromatic heterocycles. The van der Waals surface area contributed by atoms with E-state index in [1.54, 1.807) is 0 Å². The highest BCUT2D eigenvalue weighted by Crippen LogP contribution is 2.48. The van der Waals surface area contributed by atoms with E-state index in [9.17, 15) is 0 Å². The van der Waals surface area contributed by atoms with Crippen molar-refractivity contribution in [1.82, 2.24) is 10.6 Å². The lowest BCUT2D eigenvalue weighted by Gasteiger charge is -2.16. The molecule has 0 bridgehead atoms. The maximum atomic E-state index is 5.98. The molecule has 2 N–H and O–H groups in total. The highest BCUT2D eigenvalue weighted by atomic mass is 127. The molecule has 0 heterocycles. The smallest absolute Gasteiger partial charge is 0.191 e. The number of nitrogens with one attached hydrogen (secondary N) is 2. The topological polar surface area (TPSA) is 36.4 Å². The number of aliphatic imine (C=N–C) groups is 1. The van der Waals surface area contributed by atoms with Crippen LogP contribution in [0, 0.1) is 5.92 Å². The summed E-state index contributed by atoms with van der Waals surface area (Å²) in [6.07, 6.45) is 5.17. The fourth-order valence-electron chi connectivity index (χ4n) is 2.63. The molecular formula is C17H25ClIN3. The first-order valence-corrected chi connectivity index (χ1v) is 8.38. The van der Waals surface area contributed by atoms with Gasteiger partial charge in [0, 0.05) is 23.5 Å². The molecule has 22 heavy (non-hydrogen) atoms. The second-order valence-electron chi connectivity index (χ2n) is 6.31. The Morgan fingerprint density at radius 1 is 1.23 bits per heavy atom. The van der Waals surface area contributed by atoms with Crippen molar-refractivity contribution in [1.29, 1.82) is 0 Å². The molecule has 1 aromatic carbocycles. The summed E-state index contributed by atoms with van der Waals surface area (Å²) >= 11 is 5.98. The second kappa shape index (κ2) is 7.86. The molecule has 3 rings (SSSR count). The van der Waals surface area contributed by atoms with Crippen LogP contribution in [0.4, 0.5) is 0 Å². The molecule has 2 fully saturated rings. The van der Waals surface area contributed by atoms with E-state index >= 15 is 0 Å². The summed E-state index contributed by atoms with van der Waals surface area (Å²) in [5.41, 5.74) is 1.61. The van der Waals surface area contributed by atoms with E-state index in [4.69, 9.17) is 16.6 Å². The number of halogens is 2. The van der Waals surface area contributed by atoms with Crippen LogP contribution in [-0.2, 0) is 5.41 Å². The maximum Gasteiger partial charge on any atom is 0.191 e. The Labute approximate surface area is 155 Å². The van der Waals surface area contributed by atoms with Crippen molar-refractivity contribution in [3.63, 3.8) is 0 Å². The Balaban J connectivity index is 0.00000176. The van der Waals surface area contributed by atoms with Gasteiger partial charge in [-0.05, 0) is 56.2 Å². The lowest BCUT2D eigenvalue weighted by atomic mass is 9.96. The van der Waals surface area contributed by atoms with Gasteiger partial charge >= 0.3 is 0 Å². The van der Waals surface area contributed by atoms with Gasteiger partial charge < -0.3 is 10.6 Å². The zero-order valence-corrected chi connectivity index (χ0v) is 16.2. The zero-order chi connectivity index (χ0) is 14.7. The normalized spacial score (nSPS) is 19.3. The van der Waals surface area contributed by atoms with Crippen LogP contribution in [0.2, 0.25) is 5.02 Å². The van der Waals surface area contributed by atoms with Gasteiger partial charge in [0.2, 0.25) is 0 Å². The van der Waals surface area contributed by atoms with Crippen LogP contribution in [0.3, 0.4) is 0 Å². The fraction of sp³-hybridized carbons (Fsp3) is 0.588. The highest BCUT2D eigenvalue weighted by Gasteiger charge is 2.44. The molecule has 2 saturated carbocycles. The molecule has 2 aliphatic carbocycles. The third-order valence-electron chi connectivity index (χ3n) is 4.45. The monoisotopic (exact) mass is 433 g/mol. The standard InChI is InChI=1S/C17H24ClN3.HI/c1-2-19-16(20-11-13-3-4-13)21-12-17(9-10-17)14-5-7-15(18)8-6-14;/h5-8,13H,2-4,9-12H2,1H3,(H2,19,20,21);1H. The van der Waals surface area contributed by atoms with Gasteiger partial charge in [0.15, 0.2) is 5.96 Å². The highest BCUT2D eigenvalue weighted by molar-refractivity contribution is 14.0. The van der Waals surface area contributed by atoms with E-state index in [1.165, 1.54) is 31.2 Å². The summed E-state index contributed by atoms with van der Waals surface area (Å²) < 4.78 is 0. The van der Waals surface area contributed by atoms with Gasteiger partial charge in [-0.25, -0.2) is 0 Å². The Kier molecular flexibility index (Phi) is 6.38. The van der Waals surface area contributed by atoms with Crippen LogP contribution in [0.25, 0.3) is 0 Å². The Morgan fingerprint density at radius 3 is 2.45 bits per heavy atom. The first-order valence-electron chi connectivity index (χ1n) is 8.00. The quantitative estimate of drug-likeness (QED) is 0.405. The molecule has 0 aliphatic heterocycles. The summed E-state index contributed by atoms with van der Waals surface area (Å²) in [5, 5.41) is 7.61. The van der Waals surface area contributed by atoms with Crippen molar-refractivity contribution in [2.75, 3.05) is 19.6 Å². The zero-order valence-electron chi connectivity index (χ0n) is 13.1. The van der Waals surface area contributed by atoms with Gasteiger partial charge in [0.1, 0.15) is 0 Å². The predicted molar refractivity (Wildman–Crippen MR) is 104 cm³/mol. The number of guanidine groups is 1. The Morgan fingerprint density at radius 2 is 1.91 bits per heavy atom. The predicted octanol–water partition coefficient (Wildman–Crippen LogP) is 3.95. The lowest BCUT2D eigenvalue weighted by molar-refractivity contribution is 0.685. The largest absolute Gasteiger partial charge is 0.357 e. The average molecular weight is 434 g/mol. The van der Waals surface area contributed by atoms with E-state index in [0.717, 1.165) is 36.5 Å². The van der Waals surface area contributed by atoms with E-state index in [1.807, 2.05) is 12.1 Å². The lowest BCUT2D eigenvalue weighted by Crippen LogP contribution is -2.39. The third-order valence-corrected chi connectivity index (χ3v) is 4.70. The van der Waals surface area contributed by atoms with E-state index < -0.39 is 0 Å². The maximum absolute atomic E-state index is 5.98. The molecule has 3 nitrogen and oxygen atoms in total. The molecular weight excluding hydrogens is 409 g/mol. The van der Waals surface area contributed by atoms with E-state index in [-0.39, 0.29) is 29.4 Å². The van der Waals surface area contributed by atoms with Crippen LogP contribution in [-0.4, -0.2) is 25.6 Å². The minimum atomic E-state index is 0. The molecule has 122 valence electrons. The number of rotatable bonds is 6. The van der Waals surface area contributed by atoms with Crippen molar-refractivity contribution in [3.05, 3.63) is 34.9 Å². The Bertz CT molecular complexity index is 507. The molecule has 0 radical (unpaired) electrons. The van der Waals surface area contributed by atoms with Crippen LogP contribution < -0.4 is 10.6 Å². The van der Waals surface area contributed by atoms with E-state index in [2.05, 4.69) is 29.7 Å². The molecule has 2 aliphatic rings. The first-order chi connectivity index (χ1) is 10.2.